The van der Waals surface area contributed by atoms with Crippen LogP contribution in [0.2, 0.25) is 0 Å². The number of hydrogen-bond donors (Lipinski definition) is 1. The number of hydrogen-bond acceptors (Lipinski definition) is 1. The molecule has 0 aromatic heterocycles. The summed E-state index contributed by atoms with van der Waals surface area (Å²) >= 11 is 3.28. The molecular weight excluding hydrogens is 232 g/mol. The van der Waals surface area contributed by atoms with Crippen molar-refractivity contribution in [2.45, 2.75) is 5.92 Å². The first-order chi connectivity index (χ1) is 6.15. The van der Waals surface area contributed by atoms with E-state index in [1.807, 2.05) is 6.07 Å². The Morgan fingerprint density at radius 3 is 2.77 bits per heavy atom. The fourth-order valence-electron chi connectivity index (χ4n) is 1.08. The van der Waals surface area contributed by atoms with Gasteiger partial charge in [0.15, 0.2) is 0 Å². The van der Waals surface area contributed by atoms with Crippen LogP contribution in [0, 0.1) is 0 Å². The lowest BCUT2D eigenvalue weighted by Crippen LogP contribution is -2.08. The van der Waals surface area contributed by atoms with E-state index in [1.165, 1.54) is 6.08 Å². The fraction of sp³-hybridized carbons (Fsp3) is 0.100. The van der Waals surface area contributed by atoms with E-state index in [0.717, 1.165) is 10.0 Å². The molecule has 0 fully saturated rings. The van der Waals surface area contributed by atoms with Crippen molar-refractivity contribution in [3.05, 3.63) is 47.0 Å². The Hall–Kier alpha value is -1.09. The molecule has 2 nitrogen and oxygen atoms in total. The van der Waals surface area contributed by atoms with E-state index in [0.29, 0.717) is 0 Å². The third-order valence-electron chi connectivity index (χ3n) is 1.71. The highest BCUT2D eigenvalue weighted by atomic mass is 79.9. The molecule has 1 atom stereocenters. The van der Waals surface area contributed by atoms with Crippen molar-refractivity contribution < 1.29 is 9.90 Å². The maximum Gasteiger partial charge on any atom is 0.314 e. The van der Waals surface area contributed by atoms with Gasteiger partial charge in [-0.25, -0.2) is 0 Å². The van der Waals surface area contributed by atoms with Gasteiger partial charge in [-0.3, -0.25) is 4.79 Å². The summed E-state index contributed by atoms with van der Waals surface area (Å²) in [5, 5.41) is 8.83. The number of aliphatic carboxylic acids is 1. The van der Waals surface area contributed by atoms with E-state index >= 15 is 0 Å². The molecule has 1 unspecified atom stereocenters. The molecule has 0 amide bonds. The highest BCUT2D eigenvalue weighted by Crippen LogP contribution is 2.20. The molecule has 0 saturated carbocycles. The largest absolute Gasteiger partial charge is 0.481 e. The van der Waals surface area contributed by atoms with Crippen molar-refractivity contribution in [3.8, 4) is 0 Å². The topological polar surface area (TPSA) is 37.3 Å². The molecule has 0 bridgehead atoms. The fourth-order valence-corrected chi connectivity index (χ4v) is 1.50. The standard InChI is InChI=1S/C10H9BrO2/c1-2-9(10(12)13)7-4-3-5-8(11)6-7/h2-6,9H,1H2,(H,12,13). The number of rotatable bonds is 3. The SMILES string of the molecule is C=CC(C(=O)O)c1cccc(Br)c1. The quantitative estimate of drug-likeness (QED) is 0.826. The Bertz CT molecular complexity index is 333. The maximum atomic E-state index is 10.8. The number of halogens is 1. The molecule has 0 aliphatic heterocycles. The van der Waals surface area contributed by atoms with Crippen LogP contribution in [0.25, 0.3) is 0 Å². The maximum absolute atomic E-state index is 10.8. The zero-order valence-corrected chi connectivity index (χ0v) is 8.49. The molecule has 13 heavy (non-hydrogen) atoms. The molecule has 0 aliphatic carbocycles. The average molecular weight is 241 g/mol. The predicted octanol–water partition coefficient (Wildman–Crippen LogP) is 2.80. The van der Waals surface area contributed by atoms with Crippen LogP contribution < -0.4 is 0 Å². The van der Waals surface area contributed by atoms with Crippen molar-refractivity contribution in [2.75, 3.05) is 0 Å². The lowest BCUT2D eigenvalue weighted by Gasteiger charge is -2.07. The lowest BCUT2D eigenvalue weighted by molar-refractivity contribution is -0.137. The molecule has 0 saturated heterocycles. The predicted molar refractivity (Wildman–Crippen MR) is 54.7 cm³/mol. The summed E-state index contributed by atoms with van der Waals surface area (Å²) in [6.07, 6.45) is 1.42. The van der Waals surface area contributed by atoms with Crippen LogP contribution in [0.3, 0.4) is 0 Å². The van der Waals surface area contributed by atoms with Gasteiger partial charge in [0.2, 0.25) is 0 Å². The molecule has 1 aromatic carbocycles. The number of carboxylic acids is 1. The Morgan fingerprint density at radius 1 is 1.62 bits per heavy atom. The van der Waals surface area contributed by atoms with E-state index in [1.54, 1.807) is 18.2 Å². The van der Waals surface area contributed by atoms with E-state index in [-0.39, 0.29) is 0 Å². The van der Waals surface area contributed by atoms with Gasteiger partial charge in [-0.05, 0) is 17.7 Å². The third-order valence-corrected chi connectivity index (χ3v) is 2.20. The monoisotopic (exact) mass is 240 g/mol. The highest BCUT2D eigenvalue weighted by molar-refractivity contribution is 9.10. The first-order valence-electron chi connectivity index (χ1n) is 3.76. The molecule has 1 rings (SSSR count). The van der Waals surface area contributed by atoms with Gasteiger partial charge in [-0.15, -0.1) is 6.58 Å². The molecule has 1 N–H and O–H groups in total. The Kier molecular flexibility index (Phi) is 3.25. The summed E-state index contributed by atoms with van der Waals surface area (Å²) in [5.41, 5.74) is 0.733. The van der Waals surface area contributed by atoms with E-state index in [9.17, 15) is 4.79 Å². The lowest BCUT2D eigenvalue weighted by atomic mass is 10.00. The summed E-state index contributed by atoms with van der Waals surface area (Å²) in [6, 6.07) is 7.20. The molecule has 0 spiro atoms. The van der Waals surface area contributed by atoms with Crippen LogP contribution in [0.1, 0.15) is 11.5 Å². The summed E-state index contributed by atoms with van der Waals surface area (Å²) in [6.45, 7) is 3.49. The van der Waals surface area contributed by atoms with Crippen LogP contribution >= 0.6 is 15.9 Å². The van der Waals surface area contributed by atoms with Gasteiger partial charge in [-0.2, -0.15) is 0 Å². The average Bonchev–Trinajstić information content (AvgIpc) is 2.04. The zero-order chi connectivity index (χ0) is 9.84. The first kappa shape index (κ1) is 9.99. The third kappa shape index (κ3) is 2.42. The molecular formula is C10H9BrO2. The molecule has 0 heterocycles. The van der Waals surface area contributed by atoms with E-state index in [4.69, 9.17) is 5.11 Å². The van der Waals surface area contributed by atoms with Gasteiger partial charge in [-0.1, -0.05) is 34.1 Å². The van der Waals surface area contributed by atoms with Crippen LogP contribution in [-0.2, 0) is 4.79 Å². The van der Waals surface area contributed by atoms with Crippen LogP contribution in [-0.4, -0.2) is 11.1 Å². The summed E-state index contributed by atoms with van der Waals surface area (Å²) in [7, 11) is 0. The highest BCUT2D eigenvalue weighted by Gasteiger charge is 2.15. The number of carbonyl (C=O) groups is 1. The van der Waals surface area contributed by atoms with E-state index in [2.05, 4.69) is 22.5 Å². The van der Waals surface area contributed by atoms with Gasteiger partial charge in [0, 0.05) is 4.47 Å². The minimum absolute atomic E-state index is 0.627. The summed E-state index contributed by atoms with van der Waals surface area (Å²) in [5.74, 6) is -1.51. The summed E-state index contributed by atoms with van der Waals surface area (Å²) < 4.78 is 0.873. The van der Waals surface area contributed by atoms with Gasteiger partial charge in [0.25, 0.3) is 0 Å². The minimum atomic E-state index is -0.881. The zero-order valence-electron chi connectivity index (χ0n) is 6.90. The number of benzene rings is 1. The van der Waals surface area contributed by atoms with Gasteiger partial charge in [0.1, 0.15) is 0 Å². The van der Waals surface area contributed by atoms with Gasteiger partial charge in [0.05, 0.1) is 5.92 Å². The van der Waals surface area contributed by atoms with Gasteiger partial charge < -0.3 is 5.11 Å². The molecule has 3 heteroatoms. The molecule has 68 valence electrons. The van der Waals surface area contributed by atoms with Gasteiger partial charge >= 0.3 is 5.97 Å². The normalized spacial score (nSPS) is 12.1. The Morgan fingerprint density at radius 2 is 2.31 bits per heavy atom. The van der Waals surface area contributed by atoms with Crippen molar-refractivity contribution in [2.24, 2.45) is 0 Å². The van der Waals surface area contributed by atoms with Crippen molar-refractivity contribution >= 4 is 21.9 Å². The molecule has 0 radical (unpaired) electrons. The first-order valence-corrected chi connectivity index (χ1v) is 4.55. The van der Waals surface area contributed by atoms with Crippen LogP contribution in [0.15, 0.2) is 41.4 Å². The van der Waals surface area contributed by atoms with Crippen molar-refractivity contribution in [1.29, 1.82) is 0 Å². The second-order valence-electron chi connectivity index (χ2n) is 2.61. The Labute approximate surface area is 85.0 Å². The van der Waals surface area contributed by atoms with E-state index < -0.39 is 11.9 Å². The van der Waals surface area contributed by atoms with Crippen LogP contribution in [0.4, 0.5) is 0 Å². The second kappa shape index (κ2) is 4.23. The molecule has 0 aliphatic rings. The smallest absolute Gasteiger partial charge is 0.314 e. The Balaban J connectivity index is 3.04. The second-order valence-corrected chi connectivity index (χ2v) is 3.52. The molecule has 1 aromatic rings. The van der Waals surface area contributed by atoms with Crippen LogP contribution in [0.5, 0.6) is 0 Å². The van der Waals surface area contributed by atoms with Crippen molar-refractivity contribution in [3.63, 3.8) is 0 Å². The summed E-state index contributed by atoms with van der Waals surface area (Å²) in [4.78, 5) is 10.8. The minimum Gasteiger partial charge on any atom is -0.481 e. The number of carboxylic acid groups (broad SMARTS) is 1. The van der Waals surface area contributed by atoms with Crippen molar-refractivity contribution in [1.82, 2.24) is 0 Å².